The van der Waals surface area contributed by atoms with Crippen LogP contribution in [0.1, 0.15) is 11.3 Å². The smallest absolute Gasteiger partial charge is 0.326 e. The molecule has 0 bridgehead atoms. The molecule has 0 saturated carbocycles. The van der Waals surface area contributed by atoms with Crippen molar-refractivity contribution in [2.24, 2.45) is 0 Å². The van der Waals surface area contributed by atoms with E-state index in [9.17, 15) is 9.59 Å². The largest absolute Gasteiger partial charge is 0.480 e. The summed E-state index contributed by atoms with van der Waals surface area (Å²) in [5.74, 6) is -0.668. The summed E-state index contributed by atoms with van der Waals surface area (Å²) in [5.41, 5.74) is 0. The zero-order valence-electron chi connectivity index (χ0n) is 9.97. The van der Waals surface area contributed by atoms with Crippen molar-refractivity contribution >= 4 is 46.6 Å². The van der Waals surface area contributed by atoms with Crippen LogP contribution in [0.5, 0.6) is 0 Å². The summed E-state index contributed by atoms with van der Waals surface area (Å²) in [4.78, 5) is 23.4. The van der Waals surface area contributed by atoms with Crippen molar-refractivity contribution in [3.8, 4) is 0 Å². The minimum Gasteiger partial charge on any atom is -0.480 e. The average molecular weight is 324 g/mol. The van der Waals surface area contributed by atoms with E-state index in [0.717, 1.165) is 4.88 Å². The average Bonchev–Trinajstić information content (AvgIpc) is 2.74. The molecule has 1 aromatic heterocycles. The third-order valence-electron chi connectivity index (χ3n) is 2.16. The molecule has 0 fully saturated rings. The molecule has 5 nitrogen and oxygen atoms in total. The van der Waals surface area contributed by atoms with Gasteiger partial charge in [0.2, 0.25) is 5.91 Å². The molecule has 1 rings (SSSR count). The first kappa shape index (κ1) is 16.3. The molecule has 0 saturated heterocycles. The van der Waals surface area contributed by atoms with Gasteiger partial charge in [-0.2, -0.15) is 0 Å². The number of aliphatic carboxylic acids is 1. The highest BCUT2D eigenvalue weighted by Gasteiger charge is 2.18. The van der Waals surface area contributed by atoms with Crippen molar-refractivity contribution < 1.29 is 19.8 Å². The lowest BCUT2D eigenvalue weighted by Gasteiger charge is -2.12. The molecule has 3 N–H and O–H groups in total. The molecule has 1 unspecified atom stereocenters. The molecule has 0 spiro atoms. The number of rotatable bonds is 8. The van der Waals surface area contributed by atoms with Gasteiger partial charge in [0.05, 0.1) is 10.1 Å². The topological polar surface area (TPSA) is 86.6 Å². The monoisotopic (exact) mass is 323 g/mol. The Hall–Kier alpha value is -0.760. The normalized spacial score (nSPS) is 12.1. The van der Waals surface area contributed by atoms with Crippen LogP contribution in [-0.2, 0) is 15.3 Å². The third kappa shape index (κ3) is 6.29. The molecule has 106 valence electrons. The predicted octanol–water partition coefficient (Wildman–Crippen LogP) is 1.59. The Morgan fingerprint density at radius 2 is 2.21 bits per heavy atom. The number of hydrogen-bond acceptors (Lipinski definition) is 5. The number of aliphatic hydroxyl groups excluding tert-OH is 1. The number of carbonyl (C=O) groups excluding carboxylic acids is 1. The SMILES string of the molecule is O=C(CSCc1ccc(Cl)s1)NC(CCO)C(=O)O. The zero-order valence-corrected chi connectivity index (χ0v) is 12.4. The van der Waals surface area contributed by atoms with Crippen LogP contribution in [0.15, 0.2) is 12.1 Å². The number of amides is 1. The number of carbonyl (C=O) groups is 2. The fraction of sp³-hybridized carbons (Fsp3) is 0.455. The molecular formula is C11H14ClNO4S2. The summed E-state index contributed by atoms with van der Waals surface area (Å²) in [6.45, 7) is -0.280. The van der Waals surface area contributed by atoms with Crippen LogP contribution in [0.4, 0.5) is 0 Å². The van der Waals surface area contributed by atoms with Gasteiger partial charge >= 0.3 is 5.97 Å². The summed E-state index contributed by atoms with van der Waals surface area (Å²) in [6, 6.07) is 2.66. The highest BCUT2D eigenvalue weighted by Crippen LogP contribution is 2.24. The van der Waals surface area contributed by atoms with E-state index in [-0.39, 0.29) is 24.7 Å². The number of carboxylic acids is 1. The molecule has 19 heavy (non-hydrogen) atoms. The lowest BCUT2D eigenvalue weighted by atomic mass is 10.2. The Bertz CT molecular complexity index is 438. The van der Waals surface area contributed by atoms with Gasteiger partial charge in [-0.1, -0.05) is 11.6 Å². The Balaban J connectivity index is 2.28. The van der Waals surface area contributed by atoms with Crippen LogP contribution in [0.2, 0.25) is 4.34 Å². The lowest BCUT2D eigenvalue weighted by molar-refractivity contribution is -0.141. The number of thioether (sulfide) groups is 1. The summed E-state index contributed by atoms with van der Waals surface area (Å²) >= 11 is 8.62. The van der Waals surface area contributed by atoms with Gasteiger partial charge in [-0.05, 0) is 12.1 Å². The van der Waals surface area contributed by atoms with Gasteiger partial charge in [0.1, 0.15) is 6.04 Å². The first-order valence-corrected chi connectivity index (χ1v) is 7.83. The van der Waals surface area contributed by atoms with Crippen molar-refractivity contribution in [1.29, 1.82) is 0 Å². The van der Waals surface area contributed by atoms with Gasteiger partial charge in [0, 0.05) is 23.7 Å². The fourth-order valence-electron chi connectivity index (χ4n) is 1.30. The summed E-state index contributed by atoms with van der Waals surface area (Å²) < 4.78 is 0.703. The van der Waals surface area contributed by atoms with Crippen molar-refractivity contribution in [1.82, 2.24) is 5.32 Å². The van der Waals surface area contributed by atoms with E-state index in [4.69, 9.17) is 21.8 Å². The molecule has 0 aromatic carbocycles. The quantitative estimate of drug-likeness (QED) is 0.676. The van der Waals surface area contributed by atoms with Gasteiger partial charge < -0.3 is 15.5 Å². The predicted molar refractivity (Wildman–Crippen MR) is 76.8 cm³/mol. The van der Waals surface area contributed by atoms with Gasteiger partial charge in [0.15, 0.2) is 0 Å². The summed E-state index contributed by atoms with van der Waals surface area (Å²) in [7, 11) is 0. The molecule has 1 heterocycles. The number of aliphatic hydroxyl groups is 1. The highest BCUT2D eigenvalue weighted by molar-refractivity contribution is 7.99. The number of hydrogen-bond donors (Lipinski definition) is 3. The highest BCUT2D eigenvalue weighted by atomic mass is 35.5. The van der Waals surface area contributed by atoms with Crippen LogP contribution < -0.4 is 5.32 Å². The molecular weight excluding hydrogens is 310 g/mol. The maximum absolute atomic E-state index is 11.5. The Labute approximate surface area is 124 Å². The van der Waals surface area contributed by atoms with Crippen molar-refractivity contribution in [2.45, 2.75) is 18.2 Å². The molecule has 0 radical (unpaired) electrons. The Morgan fingerprint density at radius 1 is 1.47 bits per heavy atom. The molecule has 0 aliphatic carbocycles. The van der Waals surface area contributed by atoms with Gasteiger partial charge in [-0.3, -0.25) is 4.79 Å². The molecule has 0 aliphatic rings. The van der Waals surface area contributed by atoms with E-state index in [2.05, 4.69) is 5.32 Å². The first-order valence-electron chi connectivity index (χ1n) is 5.48. The van der Waals surface area contributed by atoms with Crippen LogP contribution in [-0.4, -0.2) is 40.5 Å². The van der Waals surface area contributed by atoms with Crippen molar-refractivity contribution in [3.63, 3.8) is 0 Å². The first-order chi connectivity index (χ1) is 9.02. The van der Waals surface area contributed by atoms with Crippen LogP contribution in [0.25, 0.3) is 0 Å². The van der Waals surface area contributed by atoms with Gasteiger partial charge in [0.25, 0.3) is 0 Å². The lowest BCUT2D eigenvalue weighted by Crippen LogP contribution is -2.42. The Morgan fingerprint density at radius 3 is 2.74 bits per heavy atom. The van der Waals surface area contributed by atoms with E-state index in [1.54, 1.807) is 6.07 Å². The Kier molecular flexibility index (Phi) is 7.22. The summed E-state index contributed by atoms with van der Waals surface area (Å²) in [5, 5.41) is 19.9. The van der Waals surface area contributed by atoms with Crippen molar-refractivity contribution in [2.75, 3.05) is 12.4 Å². The second kappa shape index (κ2) is 8.42. The van der Waals surface area contributed by atoms with E-state index >= 15 is 0 Å². The van der Waals surface area contributed by atoms with Crippen LogP contribution in [0, 0.1) is 0 Å². The minimum absolute atomic E-state index is 0.00622. The number of thiophene rings is 1. The van der Waals surface area contributed by atoms with E-state index in [0.29, 0.717) is 10.1 Å². The maximum atomic E-state index is 11.5. The third-order valence-corrected chi connectivity index (χ3v) is 4.55. The second-order valence-corrected chi connectivity index (χ2v) is 6.45. The van der Waals surface area contributed by atoms with Gasteiger partial charge in [-0.25, -0.2) is 4.79 Å². The van der Waals surface area contributed by atoms with Gasteiger partial charge in [-0.15, -0.1) is 23.1 Å². The van der Waals surface area contributed by atoms with E-state index in [1.165, 1.54) is 23.1 Å². The molecule has 1 amide bonds. The second-order valence-electron chi connectivity index (χ2n) is 3.67. The standard InChI is InChI=1S/C11H14ClNO4S2/c12-9-2-1-7(19-9)5-18-6-10(15)13-8(3-4-14)11(16)17/h1-2,8,14H,3-6H2,(H,13,15)(H,16,17). The molecule has 8 heteroatoms. The molecule has 1 aromatic rings. The van der Waals surface area contributed by atoms with Crippen LogP contribution >= 0.6 is 34.7 Å². The van der Waals surface area contributed by atoms with E-state index < -0.39 is 12.0 Å². The molecule has 0 aliphatic heterocycles. The number of nitrogens with one attached hydrogen (secondary N) is 1. The fourth-order valence-corrected chi connectivity index (χ4v) is 3.33. The maximum Gasteiger partial charge on any atom is 0.326 e. The number of halogens is 1. The van der Waals surface area contributed by atoms with Crippen molar-refractivity contribution in [3.05, 3.63) is 21.3 Å². The van der Waals surface area contributed by atoms with Crippen LogP contribution in [0.3, 0.4) is 0 Å². The molecule has 1 atom stereocenters. The minimum atomic E-state index is -1.14. The summed E-state index contributed by atoms with van der Waals surface area (Å²) in [6.07, 6.45) is 0.00622. The van der Waals surface area contributed by atoms with E-state index in [1.807, 2.05) is 6.07 Å². The number of carboxylic acid groups (broad SMARTS) is 1. The zero-order chi connectivity index (χ0) is 14.3.